The lowest BCUT2D eigenvalue weighted by Crippen LogP contribution is -2.68. The molecule has 6 nitrogen and oxygen atoms in total. The van der Waals surface area contributed by atoms with Crippen LogP contribution in [-0.2, 0) is 14.3 Å². The SMILES string of the molecule is CC(C)OCC(=O)[C@H]1CCC2[C@@H]3C[C@H](F)C4=CC(=O)C=C[C@]4(C)[C@@]3(F)[C@@H](O)C[C@@]21C.CCC(C)N(C)O. The summed E-state index contributed by atoms with van der Waals surface area (Å²) in [5.74, 6) is -1.62. The van der Waals surface area contributed by atoms with E-state index >= 15 is 8.78 Å². The minimum atomic E-state index is -2.07. The number of aliphatic hydroxyl groups excluding tert-OH is 1. The van der Waals surface area contributed by atoms with Gasteiger partial charge in [-0.1, -0.05) is 19.9 Å². The monoisotopic (exact) mass is 525 g/mol. The number of ketones is 2. The summed E-state index contributed by atoms with van der Waals surface area (Å²) in [4.78, 5) is 24.8. The van der Waals surface area contributed by atoms with Crippen molar-refractivity contribution in [3.05, 3.63) is 23.8 Å². The Bertz CT molecular complexity index is 935. The average Bonchev–Trinajstić information content (AvgIpc) is 3.17. The van der Waals surface area contributed by atoms with Crippen molar-refractivity contribution in [1.29, 1.82) is 0 Å². The summed E-state index contributed by atoms with van der Waals surface area (Å²) >= 11 is 0. The second-order valence-corrected chi connectivity index (χ2v) is 12.2. The largest absolute Gasteiger partial charge is 0.390 e. The van der Waals surface area contributed by atoms with Crippen molar-refractivity contribution in [3.8, 4) is 0 Å². The third kappa shape index (κ3) is 5.11. The van der Waals surface area contributed by atoms with Crippen LogP contribution >= 0.6 is 0 Å². The molecule has 0 aromatic heterocycles. The Hall–Kier alpha value is -1.48. The van der Waals surface area contributed by atoms with E-state index in [2.05, 4.69) is 0 Å². The van der Waals surface area contributed by atoms with E-state index in [0.29, 0.717) is 18.9 Å². The predicted octanol–water partition coefficient (Wildman–Crippen LogP) is 5.02. The van der Waals surface area contributed by atoms with Crippen LogP contribution in [0.2, 0.25) is 0 Å². The molecule has 3 saturated carbocycles. The zero-order valence-corrected chi connectivity index (χ0v) is 23.3. The molecule has 0 radical (unpaired) electrons. The molecular weight excluding hydrogens is 480 g/mol. The third-order valence-electron chi connectivity index (χ3n) is 9.80. The molecule has 0 aromatic rings. The average molecular weight is 526 g/mol. The number of Topliss-reactive ketones (excluding diaryl/α,β-unsaturated/α-hetero) is 1. The Kier molecular flexibility index (Phi) is 8.90. The van der Waals surface area contributed by atoms with Gasteiger partial charge >= 0.3 is 0 Å². The van der Waals surface area contributed by atoms with Crippen molar-refractivity contribution in [2.45, 2.75) is 104 Å². The number of allylic oxidation sites excluding steroid dienone is 4. The molecule has 8 heteroatoms. The Morgan fingerprint density at radius 3 is 2.43 bits per heavy atom. The highest BCUT2D eigenvalue weighted by molar-refractivity contribution is 6.01. The highest BCUT2D eigenvalue weighted by Crippen LogP contribution is 2.69. The highest BCUT2D eigenvalue weighted by atomic mass is 19.1. The summed E-state index contributed by atoms with van der Waals surface area (Å²) in [7, 11) is 1.66. The summed E-state index contributed by atoms with van der Waals surface area (Å²) in [5.41, 5.74) is -3.91. The molecule has 0 heterocycles. The topological polar surface area (TPSA) is 87.1 Å². The Morgan fingerprint density at radius 1 is 1.24 bits per heavy atom. The molecule has 0 bridgehead atoms. The maximum Gasteiger partial charge on any atom is 0.178 e. The fourth-order valence-corrected chi connectivity index (χ4v) is 7.34. The second kappa shape index (κ2) is 10.9. The Morgan fingerprint density at radius 2 is 1.89 bits per heavy atom. The molecule has 37 heavy (non-hydrogen) atoms. The van der Waals surface area contributed by atoms with E-state index in [1.807, 2.05) is 34.6 Å². The maximum atomic E-state index is 16.9. The van der Waals surface area contributed by atoms with Gasteiger partial charge in [0.2, 0.25) is 0 Å². The number of nitrogens with zero attached hydrogens (tertiary/aromatic N) is 1. The summed E-state index contributed by atoms with van der Waals surface area (Å²) < 4.78 is 37.7. The zero-order chi connectivity index (χ0) is 27.9. The third-order valence-corrected chi connectivity index (χ3v) is 9.80. The second-order valence-electron chi connectivity index (χ2n) is 12.2. The molecule has 9 atom stereocenters. The van der Waals surface area contributed by atoms with Crippen molar-refractivity contribution >= 4 is 11.6 Å². The van der Waals surface area contributed by atoms with Crippen LogP contribution in [0.3, 0.4) is 0 Å². The minimum absolute atomic E-state index is 0.00730. The molecular formula is C29H45F2NO5. The van der Waals surface area contributed by atoms with Gasteiger partial charge in [0.25, 0.3) is 0 Å². The number of fused-ring (bicyclic) bond motifs is 5. The number of hydroxylamine groups is 2. The number of alkyl halides is 2. The first-order chi connectivity index (χ1) is 17.1. The summed E-state index contributed by atoms with van der Waals surface area (Å²) in [6.45, 7) is 11.3. The van der Waals surface area contributed by atoms with Crippen LogP contribution in [0, 0.1) is 28.6 Å². The van der Waals surface area contributed by atoms with Crippen molar-refractivity contribution in [1.82, 2.24) is 5.06 Å². The van der Waals surface area contributed by atoms with Crippen LogP contribution in [0.25, 0.3) is 0 Å². The lowest BCUT2D eigenvalue weighted by atomic mass is 9.45. The first kappa shape index (κ1) is 30.1. The number of carbonyl (C=O) groups excluding carboxylic acids is 2. The van der Waals surface area contributed by atoms with Gasteiger partial charge in [0.15, 0.2) is 17.2 Å². The van der Waals surface area contributed by atoms with Gasteiger partial charge in [-0.05, 0) is 88.9 Å². The maximum absolute atomic E-state index is 16.9. The van der Waals surface area contributed by atoms with Gasteiger partial charge in [-0.15, -0.1) is 0 Å². The van der Waals surface area contributed by atoms with Crippen LogP contribution in [0.15, 0.2) is 23.8 Å². The first-order valence-electron chi connectivity index (χ1n) is 13.7. The molecule has 4 aliphatic carbocycles. The van der Waals surface area contributed by atoms with Crippen LogP contribution < -0.4 is 0 Å². The lowest BCUT2D eigenvalue weighted by Gasteiger charge is -2.62. The van der Waals surface area contributed by atoms with E-state index < -0.39 is 34.7 Å². The summed E-state index contributed by atoms with van der Waals surface area (Å²) in [5, 5.41) is 21.0. The molecule has 0 aliphatic heterocycles. The lowest BCUT2D eigenvalue weighted by molar-refractivity contribution is -0.202. The van der Waals surface area contributed by atoms with Crippen LogP contribution in [-0.4, -0.2) is 70.7 Å². The van der Waals surface area contributed by atoms with E-state index in [4.69, 9.17) is 9.94 Å². The molecule has 0 amide bonds. The summed E-state index contributed by atoms with van der Waals surface area (Å²) in [6, 6.07) is 0.292. The number of carbonyl (C=O) groups is 2. The highest BCUT2D eigenvalue weighted by Gasteiger charge is 2.72. The number of halogens is 2. The van der Waals surface area contributed by atoms with Gasteiger partial charge in [0.1, 0.15) is 12.8 Å². The van der Waals surface area contributed by atoms with Crippen molar-refractivity contribution in [2.75, 3.05) is 13.7 Å². The fourth-order valence-electron chi connectivity index (χ4n) is 7.34. The smallest absolute Gasteiger partial charge is 0.178 e. The normalized spacial score (nSPS) is 41.4. The molecule has 4 rings (SSSR count). The van der Waals surface area contributed by atoms with Crippen molar-refractivity contribution in [3.63, 3.8) is 0 Å². The van der Waals surface area contributed by atoms with Gasteiger partial charge in [0.05, 0.1) is 12.2 Å². The van der Waals surface area contributed by atoms with E-state index in [9.17, 15) is 14.7 Å². The standard InChI is InChI=1S/C24H32F2O4.C5H13NO/c1-13(2)30-12-20(28)16-6-5-15-17-10-19(25)18-9-14(27)7-8-23(18,4)24(17,26)21(29)11-22(15,16)3;1-4-5(2)6(3)7/h7-9,13,15-17,19,21,29H,5-6,10-12H2,1-4H3;5,7H,4H2,1-3H3/t15?,16-,17+,19+,21+,22+,23+,24+;/m1./s1. The molecule has 4 aliphatic rings. The molecule has 0 aromatic carbocycles. The molecule has 3 fully saturated rings. The van der Waals surface area contributed by atoms with E-state index in [0.717, 1.165) is 6.42 Å². The molecule has 210 valence electrons. The van der Waals surface area contributed by atoms with Crippen LogP contribution in [0.4, 0.5) is 8.78 Å². The summed E-state index contributed by atoms with van der Waals surface area (Å²) in [6.07, 6.45) is 3.38. The van der Waals surface area contributed by atoms with Gasteiger partial charge < -0.3 is 15.1 Å². The number of hydrogen-bond acceptors (Lipinski definition) is 6. The number of rotatable bonds is 6. The van der Waals surface area contributed by atoms with Crippen molar-refractivity contribution in [2.24, 2.45) is 28.6 Å². The minimum Gasteiger partial charge on any atom is -0.390 e. The number of hydrogen-bond donors (Lipinski definition) is 2. The van der Waals surface area contributed by atoms with Crippen LogP contribution in [0.5, 0.6) is 0 Å². The zero-order valence-electron chi connectivity index (χ0n) is 23.3. The molecule has 0 saturated heterocycles. The van der Waals surface area contributed by atoms with Gasteiger partial charge in [-0.2, -0.15) is 5.06 Å². The van der Waals surface area contributed by atoms with Crippen LogP contribution in [0.1, 0.15) is 73.6 Å². The fraction of sp³-hybridized carbons (Fsp3) is 0.793. The van der Waals surface area contributed by atoms with Gasteiger partial charge in [0, 0.05) is 30.3 Å². The molecule has 2 N–H and O–H groups in total. The van der Waals surface area contributed by atoms with E-state index in [1.165, 1.54) is 23.3 Å². The van der Waals surface area contributed by atoms with Crippen molar-refractivity contribution < 1.29 is 33.4 Å². The number of aliphatic hydroxyl groups is 1. The molecule has 0 spiro atoms. The van der Waals surface area contributed by atoms with Gasteiger partial charge in [-0.25, -0.2) is 8.78 Å². The quantitative estimate of drug-likeness (QED) is 0.474. The predicted molar refractivity (Wildman–Crippen MR) is 138 cm³/mol. The Labute approximate surface area is 220 Å². The Balaban J connectivity index is 0.000000479. The van der Waals surface area contributed by atoms with E-state index in [-0.39, 0.29) is 54.5 Å². The number of ether oxygens (including phenoxy) is 1. The van der Waals surface area contributed by atoms with Gasteiger partial charge in [-0.3, -0.25) is 9.59 Å². The van der Waals surface area contributed by atoms with E-state index in [1.54, 1.807) is 14.0 Å². The molecule has 2 unspecified atom stereocenters. The first-order valence-corrected chi connectivity index (χ1v) is 13.7.